The van der Waals surface area contributed by atoms with Gasteiger partial charge in [0.15, 0.2) is 17.5 Å². The zero-order chi connectivity index (χ0) is 28.2. The fraction of sp³-hybridized carbons (Fsp3) is 0.448. The lowest BCUT2D eigenvalue weighted by Gasteiger charge is -2.41. The molecule has 1 atom stereocenters. The van der Waals surface area contributed by atoms with E-state index in [0.29, 0.717) is 71.8 Å². The summed E-state index contributed by atoms with van der Waals surface area (Å²) in [7, 11) is 1.56. The summed E-state index contributed by atoms with van der Waals surface area (Å²) in [6, 6.07) is 7.33. The van der Waals surface area contributed by atoms with Crippen LogP contribution >= 0.6 is 11.8 Å². The highest BCUT2D eigenvalue weighted by atomic mass is 32.2. The number of hydrogen-bond donors (Lipinski definition) is 1. The first kappa shape index (κ1) is 29.1. The van der Waals surface area contributed by atoms with E-state index in [9.17, 15) is 23.1 Å². The molecule has 39 heavy (non-hydrogen) atoms. The summed E-state index contributed by atoms with van der Waals surface area (Å²) in [5, 5.41) is 10.3. The fourth-order valence-corrected chi connectivity index (χ4v) is 6.37. The van der Waals surface area contributed by atoms with Crippen molar-refractivity contribution >= 4 is 28.6 Å². The Morgan fingerprint density at radius 2 is 1.87 bits per heavy atom. The number of piperidine rings is 1. The van der Waals surface area contributed by atoms with E-state index in [2.05, 4.69) is 9.88 Å². The normalized spacial score (nSPS) is 16.4. The maximum absolute atomic E-state index is 15.8. The summed E-state index contributed by atoms with van der Waals surface area (Å²) < 4.78 is 61.2. The molecule has 1 aliphatic heterocycles. The minimum absolute atomic E-state index is 0.0274. The zero-order valence-corrected chi connectivity index (χ0v) is 22.8. The quantitative estimate of drug-likeness (QED) is 0.152. The Kier molecular flexibility index (Phi) is 9.38. The number of hydrogen-bond acceptors (Lipinski definition) is 5. The first-order valence-electron chi connectivity index (χ1n) is 12.9. The van der Waals surface area contributed by atoms with Gasteiger partial charge in [-0.25, -0.2) is 17.6 Å². The number of pyridine rings is 1. The Morgan fingerprint density at radius 1 is 1.18 bits per heavy atom. The molecule has 0 bridgehead atoms. The molecule has 10 heteroatoms. The number of ether oxygens (including phenoxy) is 1. The molecular weight excluding hydrogens is 532 g/mol. The van der Waals surface area contributed by atoms with Crippen LogP contribution < -0.4 is 4.74 Å². The topological polar surface area (TPSA) is 62.7 Å². The number of carboxylic acids is 1. The number of benzene rings is 2. The van der Waals surface area contributed by atoms with Crippen LogP contribution in [0.5, 0.6) is 5.75 Å². The summed E-state index contributed by atoms with van der Waals surface area (Å²) in [5.41, 5.74) is 1.46. The van der Waals surface area contributed by atoms with E-state index >= 15 is 4.39 Å². The molecule has 2 heterocycles. The van der Waals surface area contributed by atoms with E-state index in [1.165, 1.54) is 11.8 Å². The zero-order valence-electron chi connectivity index (χ0n) is 22.0. The maximum atomic E-state index is 15.8. The van der Waals surface area contributed by atoms with Crippen LogP contribution in [0.15, 0.2) is 41.4 Å². The van der Waals surface area contributed by atoms with E-state index in [0.717, 1.165) is 17.7 Å². The first-order chi connectivity index (χ1) is 18.6. The van der Waals surface area contributed by atoms with E-state index in [1.807, 2.05) is 6.92 Å². The molecule has 1 N–H and O–H groups in total. The van der Waals surface area contributed by atoms with Gasteiger partial charge in [0.2, 0.25) is 0 Å². The van der Waals surface area contributed by atoms with Crippen LogP contribution in [0.1, 0.15) is 49.4 Å². The second kappa shape index (κ2) is 12.6. The molecule has 1 fully saturated rings. The lowest BCUT2D eigenvalue weighted by atomic mass is 9.71. The fourth-order valence-electron chi connectivity index (χ4n) is 5.41. The molecule has 1 saturated heterocycles. The van der Waals surface area contributed by atoms with Gasteiger partial charge in [0.05, 0.1) is 19.0 Å². The van der Waals surface area contributed by atoms with E-state index < -0.39 is 35.0 Å². The van der Waals surface area contributed by atoms with Crippen LogP contribution in [0.25, 0.3) is 10.9 Å². The second-order valence-electron chi connectivity index (χ2n) is 10.2. The molecule has 1 aliphatic rings. The van der Waals surface area contributed by atoms with Crippen molar-refractivity contribution in [1.82, 2.24) is 9.88 Å². The SMILES string of the molecule is COc1ccc2ncc(C)c([C@H](F)CCC3(CC(=O)O)CCN(CCSc4cc(F)c(F)c(F)c4)CC3)c2c1. The summed E-state index contributed by atoms with van der Waals surface area (Å²) in [4.78, 5) is 18.6. The molecule has 5 nitrogen and oxygen atoms in total. The van der Waals surface area contributed by atoms with Gasteiger partial charge in [0, 0.05) is 28.8 Å². The molecule has 0 saturated carbocycles. The predicted octanol–water partition coefficient (Wildman–Crippen LogP) is 7.11. The number of carboxylic acid groups (broad SMARTS) is 1. The standard InChI is InChI=1S/C29H32F4N2O3S/c1-18-17-34-25-4-3-19(38-2)13-21(25)27(18)22(30)5-6-29(16-26(36)37)7-9-35(10-8-29)11-12-39-20-14-23(31)28(33)24(32)15-20/h3-4,13-15,17,22H,5-12,16H2,1-2H3,(H,36,37)/t22-/m1/s1. The minimum atomic E-state index is -1.48. The number of likely N-dealkylation sites (tertiary alicyclic amines) is 1. The van der Waals surface area contributed by atoms with Gasteiger partial charge in [0.25, 0.3) is 0 Å². The number of alkyl halides is 1. The van der Waals surface area contributed by atoms with Gasteiger partial charge in [-0.1, -0.05) is 0 Å². The lowest BCUT2D eigenvalue weighted by Crippen LogP contribution is -2.42. The Hall–Kier alpha value is -2.85. The van der Waals surface area contributed by atoms with E-state index in [1.54, 1.807) is 31.5 Å². The molecule has 0 spiro atoms. The van der Waals surface area contributed by atoms with Crippen molar-refractivity contribution in [3.63, 3.8) is 0 Å². The number of methoxy groups -OCH3 is 1. The number of thioether (sulfide) groups is 1. The number of aromatic nitrogens is 1. The molecule has 0 radical (unpaired) electrons. The van der Waals surface area contributed by atoms with E-state index in [-0.39, 0.29) is 12.8 Å². The predicted molar refractivity (Wildman–Crippen MR) is 144 cm³/mol. The first-order valence-corrected chi connectivity index (χ1v) is 13.9. The molecule has 210 valence electrons. The third kappa shape index (κ3) is 7.03. The molecule has 4 rings (SSSR count). The molecular formula is C29H32F4N2O3S. The summed E-state index contributed by atoms with van der Waals surface area (Å²) in [5.74, 6) is -3.65. The molecule has 0 aliphatic carbocycles. The van der Waals surface area contributed by atoms with Gasteiger partial charge < -0.3 is 14.7 Å². The number of fused-ring (bicyclic) bond motifs is 1. The van der Waals surface area contributed by atoms with Crippen LogP contribution in [0, 0.1) is 29.8 Å². The lowest BCUT2D eigenvalue weighted by molar-refractivity contribution is -0.141. The molecule has 3 aromatic rings. The second-order valence-corrected chi connectivity index (χ2v) is 11.4. The van der Waals surface area contributed by atoms with Crippen molar-refractivity contribution in [1.29, 1.82) is 0 Å². The van der Waals surface area contributed by atoms with Gasteiger partial charge in [-0.05, 0) is 92.6 Å². The highest BCUT2D eigenvalue weighted by Gasteiger charge is 2.37. The van der Waals surface area contributed by atoms with Gasteiger partial charge in [0.1, 0.15) is 11.9 Å². The molecule has 0 amide bonds. The average Bonchev–Trinajstić information content (AvgIpc) is 2.90. The van der Waals surface area contributed by atoms with Crippen molar-refractivity contribution in [2.24, 2.45) is 5.41 Å². The smallest absolute Gasteiger partial charge is 0.303 e. The number of halogens is 4. The Balaban J connectivity index is 1.38. The van der Waals surface area contributed by atoms with Crippen LogP contribution in [0.2, 0.25) is 0 Å². The molecule has 0 unspecified atom stereocenters. The van der Waals surface area contributed by atoms with Crippen LogP contribution in [0.3, 0.4) is 0 Å². The number of aryl methyl sites for hydroxylation is 1. The Morgan fingerprint density at radius 3 is 2.51 bits per heavy atom. The third-order valence-electron chi connectivity index (χ3n) is 7.63. The van der Waals surface area contributed by atoms with Gasteiger partial charge in [-0.3, -0.25) is 9.78 Å². The van der Waals surface area contributed by atoms with Gasteiger partial charge in [-0.2, -0.15) is 0 Å². The summed E-state index contributed by atoms with van der Waals surface area (Å²) in [6.45, 7) is 3.74. The Labute approximate surface area is 229 Å². The van der Waals surface area contributed by atoms with E-state index in [4.69, 9.17) is 4.74 Å². The molecule has 1 aromatic heterocycles. The van der Waals surface area contributed by atoms with Crippen LogP contribution in [0.4, 0.5) is 17.6 Å². The molecule has 2 aromatic carbocycles. The number of carbonyl (C=O) groups is 1. The summed E-state index contributed by atoms with van der Waals surface area (Å²) >= 11 is 1.23. The monoisotopic (exact) mass is 564 g/mol. The van der Waals surface area contributed by atoms with Crippen LogP contribution in [-0.4, -0.2) is 53.5 Å². The van der Waals surface area contributed by atoms with Crippen molar-refractivity contribution in [3.05, 3.63) is 65.1 Å². The number of rotatable bonds is 11. The number of aliphatic carboxylic acids is 1. The van der Waals surface area contributed by atoms with Gasteiger partial charge in [-0.15, -0.1) is 11.8 Å². The minimum Gasteiger partial charge on any atom is -0.497 e. The number of nitrogens with zero attached hydrogens (tertiary/aromatic N) is 2. The highest BCUT2D eigenvalue weighted by molar-refractivity contribution is 7.99. The Bertz CT molecular complexity index is 1310. The summed E-state index contributed by atoms with van der Waals surface area (Å²) in [6.07, 6.45) is 2.21. The van der Waals surface area contributed by atoms with Crippen molar-refractivity contribution in [3.8, 4) is 5.75 Å². The highest BCUT2D eigenvalue weighted by Crippen LogP contribution is 2.43. The third-order valence-corrected chi connectivity index (χ3v) is 8.59. The maximum Gasteiger partial charge on any atom is 0.303 e. The largest absolute Gasteiger partial charge is 0.497 e. The van der Waals surface area contributed by atoms with Crippen molar-refractivity contribution in [2.75, 3.05) is 32.5 Å². The van der Waals surface area contributed by atoms with Crippen molar-refractivity contribution in [2.45, 2.75) is 50.1 Å². The average molecular weight is 565 g/mol. The van der Waals surface area contributed by atoms with Crippen LogP contribution in [-0.2, 0) is 4.79 Å². The van der Waals surface area contributed by atoms with Crippen molar-refractivity contribution < 1.29 is 32.2 Å². The van der Waals surface area contributed by atoms with Gasteiger partial charge >= 0.3 is 5.97 Å².